The van der Waals surface area contributed by atoms with Gasteiger partial charge in [-0.1, -0.05) is 40.5 Å². The van der Waals surface area contributed by atoms with E-state index in [-0.39, 0.29) is 28.2 Å². The predicted molar refractivity (Wildman–Crippen MR) is 106 cm³/mol. The van der Waals surface area contributed by atoms with Crippen LogP contribution in [0.1, 0.15) is 40.7 Å². The highest BCUT2D eigenvalue weighted by molar-refractivity contribution is 6.34. The molecule has 1 aliphatic heterocycles. The zero-order valence-electron chi connectivity index (χ0n) is 15.5. The molecular weight excluding hydrogens is 396 g/mol. The van der Waals surface area contributed by atoms with Crippen LogP contribution in [-0.4, -0.2) is 32.4 Å². The summed E-state index contributed by atoms with van der Waals surface area (Å²) in [6.45, 7) is 2.49. The minimum absolute atomic E-state index is 0.0424. The average molecular weight is 413 g/mol. The predicted octanol–water partition coefficient (Wildman–Crippen LogP) is 4.58. The van der Waals surface area contributed by atoms with E-state index in [0.29, 0.717) is 24.7 Å². The van der Waals surface area contributed by atoms with Crippen molar-refractivity contribution in [3.8, 4) is 11.4 Å². The third kappa shape index (κ3) is 3.71. The van der Waals surface area contributed by atoms with Crippen molar-refractivity contribution in [2.24, 2.45) is 0 Å². The summed E-state index contributed by atoms with van der Waals surface area (Å²) in [6, 6.07) is 11.2. The third-order valence-electron chi connectivity index (χ3n) is 4.91. The fourth-order valence-corrected chi connectivity index (χ4v) is 3.74. The van der Waals surface area contributed by atoms with Crippen LogP contribution in [0.5, 0.6) is 0 Å². The van der Waals surface area contributed by atoms with Crippen LogP contribution < -0.4 is 0 Å². The van der Waals surface area contributed by atoms with Gasteiger partial charge < -0.3 is 9.42 Å². The summed E-state index contributed by atoms with van der Waals surface area (Å²) in [7, 11) is 0. The van der Waals surface area contributed by atoms with Crippen LogP contribution in [0.15, 0.2) is 47.0 Å². The molecule has 0 bridgehead atoms. The smallest absolute Gasteiger partial charge is 0.270 e. The molecule has 1 aromatic heterocycles. The topological polar surface area (TPSA) is 102 Å². The van der Waals surface area contributed by atoms with Crippen molar-refractivity contribution < 1.29 is 14.2 Å². The second kappa shape index (κ2) is 7.63. The summed E-state index contributed by atoms with van der Waals surface area (Å²) in [5.41, 5.74) is 1.97. The average Bonchev–Trinajstić information content (AvgIpc) is 3.36. The zero-order chi connectivity index (χ0) is 20.5. The first-order valence-electron chi connectivity index (χ1n) is 9.09. The molecule has 29 heavy (non-hydrogen) atoms. The van der Waals surface area contributed by atoms with Crippen LogP contribution in [0.25, 0.3) is 11.4 Å². The number of halogens is 1. The van der Waals surface area contributed by atoms with E-state index in [0.717, 1.165) is 17.5 Å². The van der Waals surface area contributed by atoms with Gasteiger partial charge >= 0.3 is 0 Å². The maximum Gasteiger partial charge on any atom is 0.270 e. The summed E-state index contributed by atoms with van der Waals surface area (Å²) in [5, 5.41) is 15.0. The van der Waals surface area contributed by atoms with Crippen LogP contribution >= 0.6 is 11.6 Å². The van der Waals surface area contributed by atoms with Crippen LogP contribution in [0.4, 0.5) is 5.69 Å². The molecule has 1 aliphatic rings. The molecule has 0 saturated carbocycles. The number of aryl methyl sites for hydroxylation is 1. The minimum atomic E-state index is -0.552. The lowest BCUT2D eigenvalue weighted by atomic mass is 10.1. The zero-order valence-corrected chi connectivity index (χ0v) is 16.3. The summed E-state index contributed by atoms with van der Waals surface area (Å²) in [5.74, 6) is 0.518. The fraction of sp³-hybridized carbons (Fsp3) is 0.250. The molecule has 0 unspecified atom stereocenters. The van der Waals surface area contributed by atoms with Gasteiger partial charge in [0.25, 0.3) is 11.6 Å². The molecule has 9 heteroatoms. The van der Waals surface area contributed by atoms with E-state index in [2.05, 4.69) is 10.1 Å². The number of benzene rings is 2. The molecule has 1 fully saturated rings. The fourth-order valence-electron chi connectivity index (χ4n) is 3.48. The Morgan fingerprint density at radius 2 is 2.14 bits per heavy atom. The Kier molecular flexibility index (Phi) is 5.02. The Labute approximate surface area is 171 Å². The minimum Gasteiger partial charge on any atom is -0.337 e. The van der Waals surface area contributed by atoms with Crippen molar-refractivity contribution in [1.29, 1.82) is 0 Å². The first kappa shape index (κ1) is 19.1. The number of nitrogens with zero attached hydrogens (tertiary/aromatic N) is 4. The molecule has 8 nitrogen and oxygen atoms in total. The second-order valence-corrected chi connectivity index (χ2v) is 7.31. The van der Waals surface area contributed by atoms with Gasteiger partial charge in [0, 0.05) is 24.2 Å². The van der Waals surface area contributed by atoms with Gasteiger partial charge in [-0.15, -0.1) is 0 Å². The first-order valence-corrected chi connectivity index (χ1v) is 9.47. The molecule has 3 aromatic rings. The van der Waals surface area contributed by atoms with E-state index in [9.17, 15) is 14.9 Å². The number of hydrogen-bond donors (Lipinski definition) is 0. The molecule has 4 rings (SSSR count). The largest absolute Gasteiger partial charge is 0.337 e. The van der Waals surface area contributed by atoms with Crippen molar-refractivity contribution >= 4 is 23.2 Å². The molecule has 0 radical (unpaired) electrons. The third-order valence-corrected chi connectivity index (χ3v) is 5.22. The maximum atomic E-state index is 13.0. The summed E-state index contributed by atoms with van der Waals surface area (Å²) >= 11 is 6.14. The number of carbonyl (C=O) groups is 1. The van der Waals surface area contributed by atoms with Gasteiger partial charge in [0.05, 0.1) is 15.5 Å². The lowest BCUT2D eigenvalue weighted by molar-refractivity contribution is -0.384. The van der Waals surface area contributed by atoms with Crippen molar-refractivity contribution in [3.05, 3.63) is 74.6 Å². The lowest BCUT2D eigenvalue weighted by Crippen LogP contribution is -2.31. The SMILES string of the molecule is Cc1cccc(-c2noc([C@@H]3CCCN3C(=O)c3ccc([N+](=O)[O-])cc3Cl)n2)c1. The van der Waals surface area contributed by atoms with E-state index < -0.39 is 4.92 Å². The number of carbonyl (C=O) groups excluding carboxylic acids is 1. The number of nitro groups is 1. The maximum absolute atomic E-state index is 13.0. The van der Waals surface area contributed by atoms with Crippen molar-refractivity contribution in [3.63, 3.8) is 0 Å². The summed E-state index contributed by atoms with van der Waals surface area (Å²) < 4.78 is 5.46. The summed E-state index contributed by atoms with van der Waals surface area (Å²) in [6.07, 6.45) is 1.47. The molecule has 1 atom stereocenters. The lowest BCUT2D eigenvalue weighted by Gasteiger charge is -2.22. The van der Waals surface area contributed by atoms with Crippen molar-refractivity contribution in [2.45, 2.75) is 25.8 Å². The monoisotopic (exact) mass is 412 g/mol. The van der Waals surface area contributed by atoms with Gasteiger partial charge in [0.15, 0.2) is 0 Å². The van der Waals surface area contributed by atoms with Gasteiger partial charge in [-0.3, -0.25) is 14.9 Å². The molecule has 0 aliphatic carbocycles. The first-order chi connectivity index (χ1) is 13.9. The highest BCUT2D eigenvalue weighted by Gasteiger charge is 2.35. The molecule has 148 valence electrons. The Morgan fingerprint density at radius 1 is 1.31 bits per heavy atom. The number of nitro benzene ring substituents is 1. The van der Waals surface area contributed by atoms with Gasteiger partial charge in [-0.25, -0.2) is 0 Å². The van der Waals surface area contributed by atoms with Crippen molar-refractivity contribution in [1.82, 2.24) is 15.0 Å². The number of non-ortho nitro benzene ring substituents is 1. The highest BCUT2D eigenvalue weighted by atomic mass is 35.5. The number of rotatable bonds is 4. The van der Waals surface area contributed by atoms with Gasteiger partial charge in [0.1, 0.15) is 6.04 Å². The van der Waals surface area contributed by atoms with E-state index in [1.165, 1.54) is 18.2 Å². The molecule has 0 spiro atoms. The molecule has 0 N–H and O–H groups in total. The van der Waals surface area contributed by atoms with Crippen molar-refractivity contribution in [2.75, 3.05) is 6.54 Å². The van der Waals surface area contributed by atoms with Crippen LogP contribution in [0.3, 0.4) is 0 Å². The Bertz CT molecular complexity index is 1100. The Balaban J connectivity index is 1.60. The molecule has 2 heterocycles. The van der Waals surface area contributed by atoms with E-state index >= 15 is 0 Å². The van der Waals surface area contributed by atoms with E-state index in [1.807, 2.05) is 31.2 Å². The van der Waals surface area contributed by atoms with E-state index in [4.69, 9.17) is 16.1 Å². The van der Waals surface area contributed by atoms with E-state index in [1.54, 1.807) is 4.90 Å². The molecule has 1 amide bonds. The number of aromatic nitrogens is 2. The number of hydrogen-bond acceptors (Lipinski definition) is 6. The van der Waals surface area contributed by atoms with Crippen LogP contribution in [-0.2, 0) is 0 Å². The van der Waals surface area contributed by atoms with Gasteiger partial charge in [-0.2, -0.15) is 4.98 Å². The quantitative estimate of drug-likeness (QED) is 0.459. The highest BCUT2D eigenvalue weighted by Crippen LogP contribution is 2.35. The Hall–Kier alpha value is -3.26. The normalized spacial score (nSPS) is 16.2. The number of amides is 1. The molecule has 2 aromatic carbocycles. The van der Waals surface area contributed by atoms with Gasteiger partial charge in [0.2, 0.25) is 11.7 Å². The second-order valence-electron chi connectivity index (χ2n) is 6.90. The van der Waals surface area contributed by atoms with Crippen LogP contribution in [0, 0.1) is 17.0 Å². The van der Waals surface area contributed by atoms with Gasteiger partial charge in [-0.05, 0) is 31.9 Å². The summed E-state index contributed by atoms with van der Waals surface area (Å²) in [4.78, 5) is 29.5. The standard InChI is InChI=1S/C20H17ClN4O4/c1-12-4-2-5-13(10-12)18-22-19(29-23-18)17-6-3-9-24(17)20(26)15-8-7-14(25(27)28)11-16(15)21/h2,4-5,7-8,10-11,17H,3,6,9H2,1H3/t17-/m0/s1. The molecule has 1 saturated heterocycles. The van der Waals surface area contributed by atoms with Crippen LogP contribution in [0.2, 0.25) is 5.02 Å². The number of likely N-dealkylation sites (tertiary alicyclic amines) is 1. The molecular formula is C20H17ClN4O4. The Morgan fingerprint density at radius 3 is 2.86 bits per heavy atom.